The monoisotopic (exact) mass is 446 g/mol. The third-order valence-corrected chi connectivity index (χ3v) is 4.23. The van der Waals surface area contributed by atoms with Gasteiger partial charge in [0.1, 0.15) is 12.2 Å². The summed E-state index contributed by atoms with van der Waals surface area (Å²) in [6, 6.07) is 12.4. The molecule has 0 saturated carbocycles. The fourth-order valence-corrected chi connectivity index (χ4v) is 2.64. The zero-order valence-corrected chi connectivity index (χ0v) is 17.3. The number of nitro groups is 2. The van der Waals surface area contributed by atoms with Crippen molar-refractivity contribution in [2.75, 3.05) is 7.11 Å². The molecular weight excluding hydrogens is 424 g/mol. The van der Waals surface area contributed by atoms with Gasteiger partial charge in [-0.15, -0.1) is 0 Å². The van der Waals surface area contributed by atoms with Crippen molar-refractivity contribution in [2.45, 2.75) is 32.1 Å². The average molecular weight is 446 g/mol. The maximum absolute atomic E-state index is 11.4. The molecule has 2 aromatic rings. The molecule has 0 bridgehead atoms. The molecule has 0 aromatic heterocycles. The molecule has 11 heteroatoms. The van der Waals surface area contributed by atoms with Gasteiger partial charge in [0.25, 0.3) is 11.4 Å². The van der Waals surface area contributed by atoms with Crippen molar-refractivity contribution in [2.24, 2.45) is 0 Å². The molecular formula is C21H22N2O9. The molecule has 0 radical (unpaired) electrons. The summed E-state index contributed by atoms with van der Waals surface area (Å²) >= 11 is 0. The molecule has 11 nitrogen and oxygen atoms in total. The number of aryl methyl sites for hydroxylation is 2. The Kier molecular flexibility index (Phi) is 10.7. The maximum atomic E-state index is 11.4. The van der Waals surface area contributed by atoms with Gasteiger partial charge in [-0.3, -0.25) is 34.6 Å². The summed E-state index contributed by atoms with van der Waals surface area (Å²) in [5.74, 6) is -1.84. The molecule has 1 N–H and O–H groups in total. The Labute approximate surface area is 182 Å². The maximum Gasteiger partial charge on any atom is 0.313 e. The number of methoxy groups -OCH3 is 1. The summed E-state index contributed by atoms with van der Waals surface area (Å²) in [5, 5.41) is 29.7. The van der Waals surface area contributed by atoms with Crippen LogP contribution in [-0.4, -0.2) is 39.8 Å². The number of carbonyl (C=O) groups is 3. The van der Waals surface area contributed by atoms with Crippen LogP contribution in [0.4, 0.5) is 11.4 Å². The van der Waals surface area contributed by atoms with Gasteiger partial charge < -0.3 is 9.84 Å². The van der Waals surface area contributed by atoms with Crippen LogP contribution in [0.5, 0.6) is 0 Å². The number of benzene rings is 2. The van der Waals surface area contributed by atoms with E-state index in [1.807, 2.05) is 0 Å². The van der Waals surface area contributed by atoms with Gasteiger partial charge >= 0.3 is 11.9 Å². The van der Waals surface area contributed by atoms with E-state index in [0.717, 1.165) is 0 Å². The smallest absolute Gasteiger partial charge is 0.313 e. The molecule has 0 heterocycles. The lowest BCUT2D eigenvalue weighted by Gasteiger charge is -2.02. The molecule has 32 heavy (non-hydrogen) atoms. The molecule has 170 valence electrons. The van der Waals surface area contributed by atoms with E-state index < -0.39 is 21.8 Å². The number of carboxylic acid groups (broad SMARTS) is 1. The van der Waals surface area contributed by atoms with Gasteiger partial charge in [0.05, 0.1) is 17.0 Å². The molecule has 0 fully saturated rings. The lowest BCUT2D eigenvalue weighted by Crippen LogP contribution is -2.10. The standard InChI is InChI=1S/C12H13NO5.C9H9NO4/c1-18-12(15)8-10(14)7-6-9-4-2-3-5-11(9)13(16)17;11-9(12)6-5-7-3-1-2-4-8(7)10(13)14/h2-5H,6-8H2,1H3;1-4H,5-6H2,(H,11,12). The molecule has 0 spiro atoms. The van der Waals surface area contributed by atoms with Gasteiger partial charge in [-0.25, -0.2) is 0 Å². The van der Waals surface area contributed by atoms with Crippen LogP contribution >= 0.6 is 0 Å². The van der Waals surface area contributed by atoms with E-state index >= 15 is 0 Å². The van der Waals surface area contributed by atoms with E-state index in [-0.39, 0.29) is 49.3 Å². The highest BCUT2D eigenvalue weighted by Crippen LogP contribution is 2.20. The quantitative estimate of drug-likeness (QED) is 0.249. The van der Waals surface area contributed by atoms with Crippen LogP contribution in [0.1, 0.15) is 30.4 Å². The second kappa shape index (κ2) is 13.2. The minimum Gasteiger partial charge on any atom is -0.481 e. The fourth-order valence-electron chi connectivity index (χ4n) is 2.64. The van der Waals surface area contributed by atoms with Gasteiger partial charge in [0.15, 0.2) is 0 Å². The Morgan fingerprint density at radius 2 is 1.28 bits per heavy atom. The molecule has 0 amide bonds. The van der Waals surface area contributed by atoms with Crippen molar-refractivity contribution in [3.63, 3.8) is 0 Å². The highest BCUT2D eigenvalue weighted by Gasteiger charge is 2.15. The van der Waals surface area contributed by atoms with Crippen LogP contribution in [-0.2, 0) is 32.0 Å². The molecule has 0 aliphatic carbocycles. The Morgan fingerprint density at radius 3 is 1.69 bits per heavy atom. The first-order valence-corrected chi connectivity index (χ1v) is 9.40. The molecule has 2 aromatic carbocycles. The number of esters is 1. The Bertz CT molecular complexity index is 989. The third-order valence-electron chi connectivity index (χ3n) is 4.23. The van der Waals surface area contributed by atoms with Crippen LogP contribution in [0, 0.1) is 20.2 Å². The fraction of sp³-hybridized carbons (Fsp3) is 0.286. The van der Waals surface area contributed by atoms with Crippen LogP contribution < -0.4 is 0 Å². The van der Waals surface area contributed by atoms with Crippen molar-refractivity contribution in [1.29, 1.82) is 0 Å². The lowest BCUT2D eigenvalue weighted by molar-refractivity contribution is -0.385. The second-order valence-electron chi connectivity index (χ2n) is 6.46. The summed E-state index contributed by atoms with van der Waals surface area (Å²) in [5.41, 5.74) is 0.915. The van der Waals surface area contributed by atoms with E-state index in [9.17, 15) is 34.6 Å². The van der Waals surface area contributed by atoms with Gasteiger partial charge in [-0.1, -0.05) is 36.4 Å². The van der Waals surface area contributed by atoms with Crippen LogP contribution in [0.2, 0.25) is 0 Å². The zero-order chi connectivity index (χ0) is 24.1. The number of para-hydroxylation sites is 2. The highest BCUT2D eigenvalue weighted by atomic mass is 16.6. The Balaban J connectivity index is 0.000000330. The summed E-state index contributed by atoms with van der Waals surface area (Å²) in [4.78, 5) is 52.8. The van der Waals surface area contributed by atoms with E-state index in [4.69, 9.17) is 5.11 Å². The topological polar surface area (TPSA) is 167 Å². The van der Waals surface area contributed by atoms with Crippen molar-refractivity contribution in [3.8, 4) is 0 Å². The van der Waals surface area contributed by atoms with Crippen molar-refractivity contribution in [3.05, 3.63) is 79.9 Å². The van der Waals surface area contributed by atoms with Crippen LogP contribution in [0.15, 0.2) is 48.5 Å². The number of rotatable bonds is 10. The van der Waals surface area contributed by atoms with E-state index in [2.05, 4.69) is 4.74 Å². The highest BCUT2D eigenvalue weighted by molar-refractivity contribution is 5.95. The number of carboxylic acids is 1. The average Bonchev–Trinajstić information content (AvgIpc) is 2.76. The number of Topliss-reactive ketones (excluding diaryl/α,β-unsaturated/α-hetero) is 1. The normalized spacial score (nSPS) is 9.78. The SMILES string of the molecule is COC(=O)CC(=O)CCc1ccccc1[N+](=O)[O-].O=C(O)CCc1ccccc1[N+](=O)[O-]. The molecule has 2 rings (SSSR count). The number of carbonyl (C=O) groups excluding carboxylic acids is 2. The minimum atomic E-state index is -0.955. The largest absolute Gasteiger partial charge is 0.481 e. The Hall–Kier alpha value is -4.15. The molecule has 0 aliphatic rings. The van der Waals surface area contributed by atoms with Crippen LogP contribution in [0.3, 0.4) is 0 Å². The first kappa shape index (κ1) is 25.9. The number of hydrogen-bond donors (Lipinski definition) is 1. The predicted octanol–water partition coefficient (Wildman–Crippen LogP) is 3.27. The zero-order valence-electron chi connectivity index (χ0n) is 17.3. The summed E-state index contributed by atoms with van der Waals surface area (Å²) in [7, 11) is 1.21. The van der Waals surface area contributed by atoms with Crippen LogP contribution in [0.25, 0.3) is 0 Å². The minimum absolute atomic E-state index is 0.0108. The third kappa shape index (κ3) is 9.11. The first-order valence-electron chi connectivity index (χ1n) is 9.40. The van der Waals surface area contributed by atoms with Crippen molar-refractivity contribution >= 4 is 29.1 Å². The van der Waals surface area contributed by atoms with Gasteiger partial charge in [0.2, 0.25) is 0 Å². The number of nitrogens with zero attached hydrogens (tertiary/aromatic N) is 2. The lowest BCUT2D eigenvalue weighted by atomic mass is 10.0. The number of aliphatic carboxylic acids is 1. The predicted molar refractivity (Wildman–Crippen MR) is 112 cm³/mol. The van der Waals surface area contributed by atoms with E-state index in [1.165, 1.54) is 19.2 Å². The number of hydrogen-bond acceptors (Lipinski definition) is 8. The first-order chi connectivity index (χ1) is 15.1. The number of ether oxygens (including phenoxy) is 1. The molecule has 0 aliphatic heterocycles. The molecule has 0 atom stereocenters. The number of nitro benzene ring substituents is 2. The van der Waals surface area contributed by atoms with Gasteiger partial charge in [-0.2, -0.15) is 0 Å². The van der Waals surface area contributed by atoms with Crippen molar-refractivity contribution < 1.29 is 34.1 Å². The number of ketones is 1. The second-order valence-corrected chi connectivity index (χ2v) is 6.46. The Morgan fingerprint density at radius 1 is 0.844 bits per heavy atom. The van der Waals surface area contributed by atoms with Crippen molar-refractivity contribution in [1.82, 2.24) is 0 Å². The van der Waals surface area contributed by atoms with Gasteiger partial charge in [-0.05, 0) is 12.8 Å². The summed E-state index contributed by atoms with van der Waals surface area (Å²) in [6.07, 6.45) is 0.126. The van der Waals surface area contributed by atoms with E-state index in [0.29, 0.717) is 11.1 Å². The summed E-state index contributed by atoms with van der Waals surface area (Å²) < 4.78 is 4.37. The summed E-state index contributed by atoms with van der Waals surface area (Å²) in [6.45, 7) is 0. The molecule has 0 unspecified atom stereocenters. The van der Waals surface area contributed by atoms with Gasteiger partial charge in [0, 0.05) is 36.1 Å². The van der Waals surface area contributed by atoms with E-state index in [1.54, 1.807) is 36.4 Å². The molecule has 0 saturated heterocycles.